The van der Waals surface area contributed by atoms with Crippen molar-refractivity contribution in [2.24, 2.45) is 0 Å². The SMILES string of the molecule is COc1ccccc1Nc1sc(C(=O)c2ccccc2)c(N)c1C(=O)Nc1ccccc1C. The molecular weight excluding hydrogens is 434 g/mol. The van der Waals surface area contributed by atoms with Crippen molar-refractivity contribution in [2.45, 2.75) is 6.92 Å². The van der Waals surface area contributed by atoms with Crippen molar-refractivity contribution in [1.29, 1.82) is 0 Å². The number of rotatable bonds is 7. The number of nitrogens with two attached hydrogens (primary N) is 1. The van der Waals surface area contributed by atoms with E-state index in [9.17, 15) is 9.59 Å². The Kier molecular flexibility index (Phi) is 6.42. The van der Waals surface area contributed by atoms with Crippen molar-refractivity contribution in [3.05, 3.63) is 100 Å². The van der Waals surface area contributed by atoms with Gasteiger partial charge in [0.1, 0.15) is 15.6 Å². The standard InChI is InChI=1S/C26H23N3O3S/c1-16-10-6-7-13-18(16)28-25(31)21-22(27)24(23(30)17-11-4-3-5-12-17)33-26(21)29-19-14-8-9-15-20(19)32-2/h3-15,29H,27H2,1-2H3,(H,28,31). The summed E-state index contributed by atoms with van der Waals surface area (Å²) in [6, 6.07) is 23.7. The molecule has 33 heavy (non-hydrogen) atoms. The molecule has 0 aliphatic heterocycles. The number of hydrogen-bond acceptors (Lipinski definition) is 6. The highest BCUT2D eigenvalue weighted by Crippen LogP contribution is 2.40. The molecule has 0 aliphatic carbocycles. The molecule has 1 aromatic heterocycles. The second kappa shape index (κ2) is 9.58. The number of benzene rings is 3. The van der Waals surface area contributed by atoms with Crippen LogP contribution in [-0.2, 0) is 0 Å². The minimum absolute atomic E-state index is 0.136. The van der Waals surface area contributed by atoms with Crippen molar-refractivity contribution in [3.63, 3.8) is 0 Å². The van der Waals surface area contributed by atoms with Crippen LogP contribution in [0.25, 0.3) is 0 Å². The number of aryl methyl sites for hydroxylation is 1. The van der Waals surface area contributed by atoms with Crippen molar-refractivity contribution < 1.29 is 14.3 Å². The number of hydrogen-bond donors (Lipinski definition) is 3. The van der Waals surface area contributed by atoms with E-state index in [2.05, 4.69) is 10.6 Å². The third kappa shape index (κ3) is 4.58. The van der Waals surface area contributed by atoms with Gasteiger partial charge < -0.3 is 21.1 Å². The molecule has 0 radical (unpaired) electrons. The predicted molar refractivity (Wildman–Crippen MR) is 134 cm³/mol. The first-order valence-electron chi connectivity index (χ1n) is 10.3. The largest absolute Gasteiger partial charge is 0.495 e. The topological polar surface area (TPSA) is 93.4 Å². The number of amides is 1. The number of nitrogens with one attached hydrogen (secondary N) is 2. The van der Waals surface area contributed by atoms with Gasteiger partial charge in [-0.1, -0.05) is 60.7 Å². The summed E-state index contributed by atoms with van der Waals surface area (Å²) in [5.74, 6) is -0.0376. The van der Waals surface area contributed by atoms with Crippen molar-refractivity contribution in [3.8, 4) is 5.75 Å². The summed E-state index contributed by atoms with van der Waals surface area (Å²) in [4.78, 5) is 26.8. The highest BCUT2D eigenvalue weighted by Gasteiger charge is 2.27. The number of carbonyl (C=O) groups excluding carboxylic acids is 2. The molecule has 4 N–H and O–H groups in total. The highest BCUT2D eigenvalue weighted by molar-refractivity contribution is 7.19. The molecule has 0 fully saturated rings. The quantitative estimate of drug-likeness (QED) is 0.302. The maximum Gasteiger partial charge on any atom is 0.260 e. The molecule has 0 atom stereocenters. The fraction of sp³-hybridized carbons (Fsp3) is 0.0769. The van der Waals surface area contributed by atoms with Gasteiger partial charge in [0.25, 0.3) is 5.91 Å². The lowest BCUT2D eigenvalue weighted by molar-refractivity contribution is 0.102. The van der Waals surface area contributed by atoms with Gasteiger partial charge in [-0.05, 0) is 30.7 Å². The van der Waals surface area contributed by atoms with E-state index in [1.807, 2.05) is 61.5 Å². The Morgan fingerprint density at radius 1 is 0.879 bits per heavy atom. The van der Waals surface area contributed by atoms with Gasteiger partial charge in [-0.25, -0.2) is 0 Å². The maximum atomic E-state index is 13.4. The second-order valence-corrected chi connectivity index (χ2v) is 8.36. The Morgan fingerprint density at radius 3 is 2.21 bits per heavy atom. The maximum absolute atomic E-state index is 13.4. The van der Waals surface area contributed by atoms with Gasteiger partial charge in [-0.2, -0.15) is 0 Å². The molecule has 166 valence electrons. The van der Waals surface area contributed by atoms with Gasteiger partial charge in [-0.15, -0.1) is 11.3 Å². The fourth-order valence-corrected chi connectivity index (χ4v) is 4.51. The molecule has 4 rings (SSSR count). The van der Waals surface area contributed by atoms with Crippen molar-refractivity contribution in [2.75, 3.05) is 23.5 Å². The third-order valence-electron chi connectivity index (χ3n) is 5.16. The Morgan fingerprint density at radius 2 is 1.52 bits per heavy atom. The zero-order chi connectivity index (χ0) is 23.4. The van der Waals surface area contributed by atoms with Crippen LogP contribution in [0, 0.1) is 6.92 Å². The molecule has 0 unspecified atom stereocenters. The molecule has 0 bridgehead atoms. The Balaban J connectivity index is 1.79. The molecular formula is C26H23N3O3S. The van der Waals surface area contributed by atoms with E-state index in [4.69, 9.17) is 10.5 Å². The summed E-state index contributed by atoms with van der Waals surface area (Å²) in [6.07, 6.45) is 0. The summed E-state index contributed by atoms with van der Waals surface area (Å²) >= 11 is 1.14. The average Bonchev–Trinajstić information content (AvgIpc) is 3.16. The van der Waals surface area contributed by atoms with E-state index < -0.39 is 5.91 Å². The molecule has 0 spiro atoms. The van der Waals surface area contributed by atoms with E-state index in [1.165, 1.54) is 0 Å². The summed E-state index contributed by atoms with van der Waals surface area (Å²) in [5.41, 5.74) is 9.52. The summed E-state index contributed by atoms with van der Waals surface area (Å²) < 4.78 is 5.43. The number of nitrogen functional groups attached to an aromatic ring is 1. The minimum atomic E-state index is -0.400. The van der Waals surface area contributed by atoms with Crippen LogP contribution in [0.15, 0.2) is 78.9 Å². The first-order valence-corrected chi connectivity index (χ1v) is 11.1. The lowest BCUT2D eigenvalue weighted by atomic mass is 10.1. The van der Waals surface area contributed by atoms with Crippen LogP contribution in [0.1, 0.15) is 31.2 Å². The van der Waals surface area contributed by atoms with E-state index in [0.29, 0.717) is 32.6 Å². The number of anilines is 4. The van der Waals surface area contributed by atoms with Crippen LogP contribution in [0.5, 0.6) is 5.75 Å². The van der Waals surface area contributed by atoms with E-state index >= 15 is 0 Å². The van der Waals surface area contributed by atoms with Crippen molar-refractivity contribution >= 4 is 45.1 Å². The Labute approximate surface area is 196 Å². The van der Waals surface area contributed by atoms with Crippen LogP contribution in [0.2, 0.25) is 0 Å². The zero-order valence-corrected chi connectivity index (χ0v) is 19.0. The van der Waals surface area contributed by atoms with Crippen LogP contribution >= 0.6 is 11.3 Å². The van der Waals surface area contributed by atoms with Crippen LogP contribution in [0.4, 0.5) is 22.1 Å². The van der Waals surface area contributed by atoms with Gasteiger partial charge in [0.05, 0.1) is 24.0 Å². The van der Waals surface area contributed by atoms with Gasteiger partial charge in [0, 0.05) is 11.3 Å². The molecule has 0 aliphatic rings. The lowest BCUT2D eigenvalue weighted by Crippen LogP contribution is -2.15. The molecule has 7 heteroatoms. The number of thiophene rings is 1. The monoisotopic (exact) mass is 457 g/mol. The zero-order valence-electron chi connectivity index (χ0n) is 18.2. The predicted octanol–water partition coefficient (Wildman–Crippen LogP) is 5.87. The molecule has 1 amide bonds. The van der Waals surface area contributed by atoms with Gasteiger partial charge in [0.2, 0.25) is 5.78 Å². The molecule has 1 heterocycles. The van der Waals surface area contributed by atoms with E-state index in [-0.39, 0.29) is 17.0 Å². The number of para-hydroxylation sites is 3. The second-order valence-electron chi connectivity index (χ2n) is 7.34. The summed E-state index contributed by atoms with van der Waals surface area (Å²) in [7, 11) is 1.57. The smallest absolute Gasteiger partial charge is 0.260 e. The number of carbonyl (C=O) groups is 2. The fourth-order valence-electron chi connectivity index (χ4n) is 3.41. The van der Waals surface area contributed by atoms with Crippen LogP contribution in [-0.4, -0.2) is 18.8 Å². The third-order valence-corrected chi connectivity index (χ3v) is 6.28. The molecule has 0 saturated carbocycles. The summed E-state index contributed by atoms with van der Waals surface area (Å²) in [5, 5.41) is 6.62. The highest BCUT2D eigenvalue weighted by atomic mass is 32.1. The molecule has 6 nitrogen and oxygen atoms in total. The number of ether oxygens (including phenoxy) is 1. The minimum Gasteiger partial charge on any atom is -0.495 e. The lowest BCUT2D eigenvalue weighted by Gasteiger charge is -2.12. The molecule has 3 aromatic carbocycles. The van der Waals surface area contributed by atoms with Crippen LogP contribution < -0.4 is 21.1 Å². The van der Waals surface area contributed by atoms with E-state index in [0.717, 1.165) is 16.9 Å². The first kappa shape index (κ1) is 22.1. The van der Waals surface area contributed by atoms with E-state index in [1.54, 1.807) is 31.4 Å². The van der Waals surface area contributed by atoms with Gasteiger partial charge in [0.15, 0.2) is 0 Å². The molecule has 0 saturated heterocycles. The van der Waals surface area contributed by atoms with Gasteiger partial charge in [-0.3, -0.25) is 9.59 Å². The Hall–Kier alpha value is -4.10. The summed E-state index contributed by atoms with van der Waals surface area (Å²) in [6.45, 7) is 1.91. The first-order chi connectivity index (χ1) is 16.0. The number of ketones is 1. The average molecular weight is 458 g/mol. The van der Waals surface area contributed by atoms with Crippen LogP contribution in [0.3, 0.4) is 0 Å². The normalized spacial score (nSPS) is 10.5. The van der Waals surface area contributed by atoms with Gasteiger partial charge >= 0.3 is 0 Å². The van der Waals surface area contributed by atoms with Crippen molar-refractivity contribution in [1.82, 2.24) is 0 Å². The molecule has 4 aromatic rings. The Bertz CT molecular complexity index is 1320. The number of methoxy groups -OCH3 is 1.